The minimum absolute atomic E-state index is 0.0292. The second-order valence-electron chi connectivity index (χ2n) is 3.20. The van der Waals surface area contributed by atoms with Crippen molar-refractivity contribution in [3.63, 3.8) is 0 Å². The summed E-state index contributed by atoms with van der Waals surface area (Å²) < 4.78 is 4.98. The topological polar surface area (TPSA) is 26.3 Å². The molecule has 0 radical (unpaired) electrons. The lowest BCUT2D eigenvalue weighted by Crippen LogP contribution is -2.19. The minimum atomic E-state index is -0.0677. The molecule has 2 heteroatoms. The van der Waals surface area contributed by atoms with Crippen molar-refractivity contribution in [3.8, 4) is 0 Å². The van der Waals surface area contributed by atoms with Crippen molar-refractivity contribution in [1.29, 1.82) is 0 Å². The molecule has 11 heavy (non-hydrogen) atoms. The van der Waals surface area contributed by atoms with Crippen molar-refractivity contribution >= 4 is 5.97 Å². The molecule has 0 unspecified atom stereocenters. The van der Waals surface area contributed by atoms with Crippen LogP contribution in [-0.4, -0.2) is 12.6 Å². The van der Waals surface area contributed by atoms with E-state index >= 15 is 0 Å². The van der Waals surface area contributed by atoms with Gasteiger partial charge < -0.3 is 4.74 Å². The van der Waals surface area contributed by atoms with E-state index in [-0.39, 0.29) is 11.9 Å². The van der Waals surface area contributed by atoms with Crippen LogP contribution in [0.4, 0.5) is 0 Å². The number of ether oxygens (including phenoxy) is 1. The number of carbonyl (C=O) groups excluding carboxylic acids is 1. The summed E-state index contributed by atoms with van der Waals surface area (Å²) in [6.07, 6.45) is 0.899. The fraction of sp³-hybridized carbons (Fsp3) is 0.889. The summed E-state index contributed by atoms with van der Waals surface area (Å²) in [6.45, 7) is 8.50. The van der Waals surface area contributed by atoms with E-state index in [1.807, 2.05) is 27.7 Å². The van der Waals surface area contributed by atoms with Gasteiger partial charge in [-0.05, 0) is 12.3 Å². The van der Waals surface area contributed by atoms with Crippen molar-refractivity contribution in [3.05, 3.63) is 0 Å². The van der Waals surface area contributed by atoms with Crippen molar-refractivity contribution in [2.75, 3.05) is 6.61 Å². The Morgan fingerprint density at radius 1 is 1.36 bits per heavy atom. The minimum Gasteiger partial charge on any atom is -0.465 e. The first-order valence-corrected chi connectivity index (χ1v) is 4.26. The van der Waals surface area contributed by atoms with Gasteiger partial charge in [0.25, 0.3) is 0 Å². The largest absolute Gasteiger partial charge is 0.465 e. The normalized spacial score (nSPS) is 13.2. The van der Waals surface area contributed by atoms with Crippen LogP contribution in [0.1, 0.15) is 34.1 Å². The van der Waals surface area contributed by atoms with E-state index in [1.54, 1.807) is 0 Å². The molecule has 1 atom stereocenters. The number of esters is 1. The lowest BCUT2D eigenvalue weighted by atomic mass is 9.99. The zero-order valence-electron chi connectivity index (χ0n) is 7.89. The first-order chi connectivity index (χ1) is 5.09. The number of carbonyl (C=O) groups is 1. The molecule has 0 bridgehead atoms. The monoisotopic (exact) mass is 158 g/mol. The SMILES string of the molecule is CCCOC(=O)[C@@H](C)C(C)C. The van der Waals surface area contributed by atoms with Crippen LogP contribution < -0.4 is 0 Å². The van der Waals surface area contributed by atoms with Gasteiger partial charge in [0.1, 0.15) is 0 Å². The Bertz CT molecular complexity index is 119. The van der Waals surface area contributed by atoms with Gasteiger partial charge >= 0.3 is 5.97 Å². The summed E-state index contributed by atoms with van der Waals surface area (Å²) in [6, 6.07) is 0. The molecule has 0 aliphatic carbocycles. The molecule has 0 amide bonds. The molecule has 0 N–H and O–H groups in total. The van der Waals surface area contributed by atoms with Gasteiger partial charge in [-0.1, -0.05) is 27.7 Å². The highest BCUT2D eigenvalue weighted by Crippen LogP contribution is 2.11. The molecule has 0 spiro atoms. The summed E-state index contributed by atoms with van der Waals surface area (Å²) in [4.78, 5) is 11.1. The number of hydrogen-bond donors (Lipinski definition) is 0. The van der Waals surface area contributed by atoms with Gasteiger partial charge in [-0.3, -0.25) is 4.79 Å². The van der Waals surface area contributed by atoms with Crippen LogP contribution in [0.2, 0.25) is 0 Å². The van der Waals surface area contributed by atoms with E-state index < -0.39 is 0 Å². The lowest BCUT2D eigenvalue weighted by Gasteiger charge is -2.13. The van der Waals surface area contributed by atoms with Gasteiger partial charge in [-0.25, -0.2) is 0 Å². The Morgan fingerprint density at radius 2 is 1.91 bits per heavy atom. The molecule has 0 aliphatic heterocycles. The van der Waals surface area contributed by atoms with Crippen LogP contribution in [0.25, 0.3) is 0 Å². The average molecular weight is 158 g/mol. The van der Waals surface area contributed by atoms with Gasteiger partial charge in [0.05, 0.1) is 12.5 Å². The highest BCUT2D eigenvalue weighted by atomic mass is 16.5. The zero-order valence-corrected chi connectivity index (χ0v) is 7.89. The number of rotatable bonds is 4. The predicted octanol–water partition coefficient (Wildman–Crippen LogP) is 2.23. The van der Waals surface area contributed by atoms with Crippen LogP contribution in [-0.2, 0) is 9.53 Å². The lowest BCUT2D eigenvalue weighted by molar-refractivity contribution is -0.149. The van der Waals surface area contributed by atoms with Crippen LogP contribution in [0.15, 0.2) is 0 Å². The van der Waals surface area contributed by atoms with E-state index in [0.29, 0.717) is 12.5 Å². The van der Waals surface area contributed by atoms with Crippen molar-refractivity contribution in [1.82, 2.24) is 0 Å². The molecule has 0 aromatic carbocycles. The van der Waals surface area contributed by atoms with Gasteiger partial charge in [-0.2, -0.15) is 0 Å². The molecule has 0 saturated carbocycles. The summed E-state index contributed by atoms with van der Waals surface area (Å²) in [5.41, 5.74) is 0. The molecule has 0 aromatic heterocycles. The summed E-state index contributed by atoms with van der Waals surface area (Å²) in [7, 11) is 0. The summed E-state index contributed by atoms with van der Waals surface area (Å²) in [5.74, 6) is 0.336. The van der Waals surface area contributed by atoms with Crippen molar-refractivity contribution in [2.24, 2.45) is 11.8 Å². The maximum absolute atomic E-state index is 11.1. The Hall–Kier alpha value is -0.530. The zero-order chi connectivity index (χ0) is 8.85. The van der Waals surface area contributed by atoms with E-state index in [9.17, 15) is 4.79 Å². The molecular formula is C9H18O2. The van der Waals surface area contributed by atoms with Crippen LogP contribution in [0.5, 0.6) is 0 Å². The van der Waals surface area contributed by atoms with Crippen LogP contribution in [0.3, 0.4) is 0 Å². The third kappa shape index (κ3) is 4.02. The van der Waals surface area contributed by atoms with Crippen LogP contribution in [0, 0.1) is 11.8 Å². The van der Waals surface area contributed by atoms with Gasteiger partial charge in [-0.15, -0.1) is 0 Å². The third-order valence-corrected chi connectivity index (χ3v) is 1.82. The first-order valence-electron chi connectivity index (χ1n) is 4.26. The average Bonchev–Trinajstić information content (AvgIpc) is 1.98. The molecule has 0 rings (SSSR count). The second kappa shape index (κ2) is 5.16. The van der Waals surface area contributed by atoms with Crippen molar-refractivity contribution in [2.45, 2.75) is 34.1 Å². The predicted molar refractivity (Wildman–Crippen MR) is 45.3 cm³/mol. The highest BCUT2D eigenvalue weighted by Gasteiger charge is 2.17. The van der Waals surface area contributed by atoms with E-state index in [0.717, 1.165) is 6.42 Å². The van der Waals surface area contributed by atoms with Crippen molar-refractivity contribution < 1.29 is 9.53 Å². The van der Waals surface area contributed by atoms with E-state index in [2.05, 4.69) is 0 Å². The maximum atomic E-state index is 11.1. The maximum Gasteiger partial charge on any atom is 0.308 e. The summed E-state index contributed by atoms with van der Waals surface area (Å²) in [5, 5.41) is 0. The third-order valence-electron chi connectivity index (χ3n) is 1.82. The Kier molecular flexibility index (Phi) is 4.92. The highest BCUT2D eigenvalue weighted by molar-refractivity contribution is 5.72. The smallest absolute Gasteiger partial charge is 0.308 e. The number of hydrogen-bond acceptors (Lipinski definition) is 2. The fourth-order valence-electron chi connectivity index (χ4n) is 0.606. The molecule has 0 aliphatic rings. The van der Waals surface area contributed by atoms with Gasteiger partial charge in [0, 0.05) is 0 Å². The Balaban J connectivity index is 3.64. The second-order valence-corrected chi connectivity index (χ2v) is 3.20. The molecule has 66 valence electrons. The molecule has 2 nitrogen and oxygen atoms in total. The molecule has 0 heterocycles. The molecule has 0 aromatic rings. The van der Waals surface area contributed by atoms with E-state index in [1.165, 1.54) is 0 Å². The standard InChI is InChI=1S/C9H18O2/c1-5-6-11-9(10)8(4)7(2)3/h7-8H,5-6H2,1-4H3/t8-/m0/s1. The Labute approximate surface area is 68.9 Å². The molecule has 0 saturated heterocycles. The molecular weight excluding hydrogens is 140 g/mol. The molecule has 0 fully saturated rings. The van der Waals surface area contributed by atoms with E-state index in [4.69, 9.17) is 4.74 Å². The fourth-order valence-corrected chi connectivity index (χ4v) is 0.606. The quantitative estimate of drug-likeness (QED) is 0.586. The Morgan fingerprint density at radius 3 is 2.27 bits per heavy atom. The van der Waals surface area contributed by atoms with Crippen LogP contribution >= 0.6 is 0 Å². The first kappa shape index (κ1) is 10.5. The van der Waals surface area contributed by atoms with Gasteiger partial charge in [0.15, 0.2) is 0 Å². The summed E-state index contributed by atoms with van der Waals surface area (Å²) >= 11 is 0. The van der Waals surface area contributed by atoms with Gasteiger partial charge in [0.2, 0.25) is 0 Å².